The van der Waals surface area contributed by atoms with E-state index in [-0.39, 0.29) is 24.3 Å². The highest BCUT2D eigenvalue weighted by atomic mass is 16.4. The van der Waals surface area contributed by atoms with E-state index in [0.29, 0.717) is 30.6 Å². The van der Waals surface area contributed by atoms with Gasteiger partial charge in [-0.05, 0) is 37.0 Å². The first kappa shape index (κ1) is 19.0. The largest absolute Gasteiger partial charge is 0.481 e. The lowest BCUT2D eigenvalue weighted by atomic mass is 9.76. The zero-order chi connectivity index (χ0) is 18.6. The highest BCUT2D eigenvalue weighted by molar-refractivity contribution is 6.00. The van der Waals surface area contributed by atoms with Crippen LogP contribution in [0.1, 0.15) is 54.3 Å². The van der Waals surface area contributed by atoms with Gasteiger partial charge in [-0.3, -0.25) is 14.4 Å². The van der Waals surface area contributed by atoms with Crippen molar-refractivity contribution in [1.29, 1.82) is 0 Å². The zero-order valence-corrected chi connectivity index (χ0v) is 15.0. The van der Waals surface area contributed by atoms with E-state index < -0.39 is 11.4 Å². The quantitative estimate of drug-likeness (QED) is 0.828. The molecule has 6 heteroatoms. The van der Waals surface area contributed by atoms with Crippen molar-refractivity contribution < 1.29 is 19.5 Å². The number of carbonyl (C=O) groups is 3. The summed E-state index contributed by atoms with van der Waals surface area (Å²) >= 11 is 0. The summed E-state index contributed by atoms with van der Waals surface area (Å²) in [5.41, 5.74) is -0.0490. The van der Waals surface area contributed by atoms with Gasteiger partial charge in [0.15, 0.2) is 0 Å². The van der Waals surface area contributed by atoms with Gasteiger partial charge in [0, 0.05) is 30.8 Å². The third kappa shape index (κ3) is 3.83. The van der Waals surface area contributed by atoms with E-state index in [9.17, 15) is 19.5 Å². The van der Waals surface area contributed by atoms with Gasteiger partial charge in [0.1, 0.15) is 0 Å². The van der Waals surface area contributed by atoms with Crippen LogP contribution in [-0.4, -0.2) is 47.4 Å². The zero-order valence-electron chi connectivity index (χ0n) is 15.0. The molecule has 2 N–H and O–H groups in total. The van der Waals surface area contributed by atoms with Gasteiger partial charge in [0.25, 0.3) is 11.8 Å². The molecule has 1 aromatic rings. The van der Waals surface area contributed by atoms with Crippen molar-refractivity contribution in [2.24, 2.45) is 11.3 Å². The van der Waals surface area contributed by atoms with Gasteiger partial charge in [-0.1, -0.05) is 26.8 Å². The van der Waals surface area contributed by atoms with E-state index in [0.717, 1.165) is 6.42 Å². The first-order valence-corrected chi connectivity index (χ1v) is 8.72. The summed E-state index contributed by atoms with van der Waals surface area (Å²) in [6.45, 7) is 6.91. The minimum atomic E-state index is -0.897. The van der Waals surface area contributed by atoms with Crippen molar-refractivity contribution in [2.45, 2.75) is 33.6 Å². The lowest BCUT2D eigenvalue weighted by molar-refractivity contribution is -0.150. The Morgan fingerprint density at radius 1 is 1.28 bits per heavy atom. The second-order valence-electron chi connectivity index (χ2n) is 6.93. The first-order chi connectivity index (χ1) is 11.8. The average molecular weight is 346 g/mol. The summed E-state index contributed by atoms with van der Waals surface area (Å²) in [4.78, 5) is 38.1. The lowest BCUT2D eigenvalue weighted by Crippen LogP contribution is -2.40. The summed E-state index contributed by atoms with van der Waals surface area (Å²) in [7, 11) is 0. The van der Waals surface area contributed by atoms with Crippen molar-refractivity contribution in [1.82, 2.24) is 10.2 Å². The summed E-state index contributed by atoms with van der Waals surface area (Å²) in [5, 5.41) is 12.4. The number of likely N-dealkylation sites (tertiary alicyclic amines) is 1. The van der Waals surface area contributed by atoms with E-state index in [1.807, 2.05) is 20.8 Å². The predicted octanol–water partition coefficient (Wildman–Crippen LogP) is 2.40. The predicted molar refractivity (Wildman–Crippen MR) is 94.5 cm³/mol. The van der Waals surface area contributed by atoms with Crippen molar-refractivity contribution in [3.63, 3.8) is 0 Å². The molecule has 136 valence electrons. The van der Waals surface area contributed by atoms with Crippen LogP contribution in [-0.2, 0) is 4.79 Å². The molecular weight excluding hydrogens is 320 g/mol. The topological polar surface area (TPSA) is 86.7 Å². The van der Waals surface area contributed by atoms with Crippen LogP contribution in [0.5, 0.6) is 0 Å². The number of carboxylic acids is 1. The normalized spacial score (nSPS) is 19.9. The molecule has 1 aromatic carbocycles. The molecule has 0 saturated carbocycles. The number of carboxylic acid groups (broad SMARTS) is 1. The number of rotatable bonds is 6. The number of carbonyl (C=O) groups excluding carboxylic acids is 2. The fourth-order valence-electron chi connectivity index (χ4n) is 3.22. The second-order valence-corrected chi connectivity index (χ2v) is 6.93. The Labute approximate surface area is 148 Å². The van der Waals surface area contributed by atoms with Gasteiger partial charge in [-0.25, -0.2) is 0 Å². The fourth-order valence-corrected chi connectivity index (χ4v) is 3.22. The highest BCUT2D eigenvalue weighted by Crippen LogP contribution is 2.38. The summed E-state index contributed by atoms with van der Waals surface area (Å²) < 4.78 is 0. The van der Waals surface area contributed by atoms with Gasteiger partial charge < -0.3 is 15.3 Å². The third-order valence-corrected chi connectivity index (χ3v) is 5.03. The number of hydrogen-bond donors (Lipinski definition) is 2. The van der Waals surface area contributed by atoms with Crippen LogP contribution in [0.2, 0.25) is 0 Å². The molecule has 2 amide bonds. The molecule has 0 aliphatic carbocycles. The standard InChI is InChI=1S/C19H26N2O4/c1-4-9-20-16(22)14-6-5-7-15(11-14)17(23)21-10-8-19(12-21,13(2)3)18(24)25/h5-7,11,13H,4,8-10,12H2,1-3H3,(H,20,22)(H,24,25). The van der Waals surface area contributed by atoms with Crippen molar-refractivity contribution in [2.75, 3.05) is 19.6 Å². The van der Waals surface area contributed by atoms with Gasteiger partial charge in [-0.2, -0.15) is 0 Å². The minimum Gasteiger partial charge on any atom is -0.481 e. The van der Waals surface area contributed by atoms with Crippen molar-refractivity contribution >= 4 is 17.8 Å². The van der Waals surface area contributed by atoms with Gasteiger partial charge in [-0.15, -0.1) is 0 Å². The molecule has 0 aromatic heterocycles. The van der Waals surface area contributed by atoms with Gasteiger partial charge in [0.2, 0.25) is 0 Å². The number of nitrogens with zero attached hydrogens (tertiary/aromatic N) is 1. The van der Waals surface area contributed by atoms with E-state index in [2.05, 4.69) is 5.32 Å². The summed E-state index contributed by atoms with van der Waals surface area (Å²) in [6, 6.07) is 6.58. The first-order valence-electron chi connectivity index (χ1n) is 8.72. The van der Waals surface area contributed by atoms with E-state index >= 15 is 0 Å². The van der Waals surface area contributed by atoms with Crippen molar-refractivity contribution in [3.05, 3.63) is 35.4 Å². The molecule has 0 bridgehead atoms. The highest BCUT2D eigenvalue weighted by Gasteiger charge is 2.48. The van der Waals surface area contributed by atoms with E-state index in [1.54, 1.807) is 29.2 Å². The average Bonchev–Trinajstić information content (AvgIpc) is 3.06. The van der Waals surface area contributed by atoms with Crippen LogP contribution in [0.15, 0.2) is 24.3 Å². The second kappa shape index (κ2) is 7.68. The number of aliphatic carboxylic acids is 1. The molecular formula is C19H26N2O4. The van der Waals surface area contributed by atoms with Crippen LogP contribution in [0.4, 0.5) is 0 Å². The molecule has 1 unspecified atom stereocenters. The SMILES string of the molecule is CCCNC(=O)c1cccc(C(=O)N2CCC(C(=O)O)(C(C)C)C2)c1. The molecule has 1 aliphatic heterocycles. The van der Waals surface area contributed by atoms with Gasteiger partial charge in [0.05, 0.1) is 5.41 Å². The molecule has 25 heavy (non-hydrogen) atoms. The van der Waals surface area contributed by atoms with Crippen LogP contribution < -0.4 is 5.32 Å². The molecule has 1 aliphatic rings. The van der Waals surface area contributed by atoms with Crippen LogP contribution >= 0.6 is 0 Å². The summed E-state index contributed by atoms with van der Waals surface area (Å²) in [5.74, 6) is -1.35. The Balaban J connectivity index is 2.16. The lowest BCUT2D eigenvalue weighted by Gasteiger charge is -2.28. The van der Waals surface area contributed by atoms with E-state index in [1.165, 1.54) is 0 Å². The Morgan fingerprint density at radius 2 is 1.96 bits per heavy atom. The Hall–Kier alpha value is -2.37. The summed E-state index contributed by atoms with van der Waals surface area (Å²) in [6.07, 6.45) is 1.28. The number of benzene rings is 1. The number of nitrogens with one attached hydrogen (secondary N) is 1. The van der Waals surface area contributed by atoms with Gasteiger partial charge >= 0.3 is 5.97 Å². The Bertz CT molecular complexity index is 671. The van der Waals surface area contributed by atoms with E-state index in [4.69, 9.17) is 0 Å². The minimum absolute atomic E-state index is 0.0612. The molecule has 1 atom stereocenters. The molecule has 1 fully saturated rings. The molecule has 1 saturated heterocycles. The molecule has 1 heterocycles. The van der Waals surface area contributed by atoms with Crippen molar-refractivity contribution in [3.8, 4) is 0 Å². The maximum Gasteiger partial charge on any atom is 0.311 e. The van der Waals surface area contributed by atoms with Crippen LogP contribution in [0.3, 0.4) is 0 Å². The fraction of sp³-hybridized carbons (Fsp3) is 0.526. The Morgan fingerprint density at radius 3 is 2.52 bits per heavy atom. The maximum atomic E-state index is 12.8. The smallest absolute Gasteiger partial charge is 0.311 e. The van der Waals surface area contributed by atoms with Crippen LogP contribution in [0, 0.1) is 11.3 Å². The third-order valence-electron chi connectivity index (χ3n) is 5.03. The molecule has 6 nitrogen and oxygen atoms in total. The van der Waals surface area contributed by atoms with Crippen LogP contribution in [0.25, 0.3) is 0 Å². The number of hydrogen-bond acceptors (Lipinski definition) is 3. The number of amides is 2. The molecule has 2 rings (SSSR count). The molecule has 0 spiro atoms. The maximum absolute atomic E-state index is 12.8. The monoisotopic (exact) mass is 346 g/mol. The Kier molecular flexibility index (Phi) is 5.82. The molecule has 0 radical (unpaired) electrons.